The van der Waals surface area contributed by atoms with Gasteiger partial charge in [0.2, 0.25) is 5.88 Å². The Balaban J connectivity index is 2.19. The smallest absolute Gasteiger partial charge is 0.354 e. The van der Waals surface area contributed by atoms with Crippen molar-refractivity contribution < 1.29 is 14.6 Å². The van der Waals surface area contributed by atoms with Crippen LogP contribution >= 0.6 is 0 Å². The third kappa shape index (κ3) is 5.66. The molecule has 0 atom stereocenters. The maximum Gasteiger partial charge on any atom is 0.354 e. The molecule has 1 aromatic heterocycles. The van der Waals surface area contributed by atoms with Gasteiger partial charge in [0.15, 0.2) is 5.69 Å². The minimum Gasteiger partial charge on any atom is -0.478 e. The zero-order valence-electron chi connectivity index (χ0n) is 10.9. The first kappa shape index (κ1) is 14.5. The van der Waals surface area contributed by atoms with Gasteiger partial charge in [-0.1, -0.05) is 45.1 Å². The number of nitrogens with zero attached hydrogens (tertiary/aromatic N) is 1. The number of carboxylic acids is 1. The van der Waals surface area contributed by atoms with Gasteiger partial charge in [-0.25, -0.2) is 9.78 Å². The summed E-state index contributed by atoms with van der Waals surface area (Å²) in [7, 11) is 0. The Morgan fingerprint density at radius 3 is 2.67 bits per heavy atom. The second-order valence-electron chi connectivity index (χ2n) is 4.28. The molecule has 0 bridgehead atoms. The predicted molar refractivity (Wildman–Crippen MR) is 70.1 cm³/mol. The summed E-state index contributed by atoms with van der Waals surface area (Å²) >= 11 is 0. The number of pyridine rings is 1. The summed E-state index contributed by atoms with van der Waals surface area (Å²) in [6, 6.07) is 4.79. The van der Waals surface area contributed by atoms with Gasteiger partial charge in [0.1, 0.15) is 0 Å². The number of aromatic nitrogens is 1. The Labute approximate surface area is 108 Å². The molecule has 0 spiro atoms. The largest absolute Gasteiger partial charge is 0.478 e. The Hall–Kier alpha value is -1.58. The van der Waals surface area contributed by atoms with Crippen molar-refractivity contribution in [1.29, 1.82) is 0 Å². The van der Waals surface area contributed by atoms with Crippen molar-refractivity contribution in [2.75, 3.05) is 6.61 Å². The molecule has 18 heavy (non-hydrogen) atoms. The van der Waals surface area contributed by atoms with Gasteiger partial charge in [0.25, 0.3) is 0 Å². The van der Waals surface area contributed by atoms with Crippen LogP contribution in [0.2, 0.25) is 0 Å². The van der Waals surface area contributed by atoms with Crippen LogP contribution in [-0.4, -0.2) is 22.7 Å². The zero-order chi connectivity index (χ0) is 13.2. The molecule has 4 nitrogen and oxygen atoms in total. The molecule has 1 aromatic rings. The molecular weight excluding hydrogens is 230 g/mol. The maximum absolute atomic E-state index is 10.7. The van der Waals surface area contributed by atoms with Crippen molar-refractivity contribution in [2.45, 2.75) is 45.4 Å². The van der Waals surface area contributed by atoms with Crippen LogP contribution < -0.4 is 4.74 Å². The van der Waals surface area contributed by atoms with Crippen LogP contribution in [0.4, 0.5) is 0 Å². The minimum absolute atomic E-state index is 0.0236. The van der Waals surface area contributed by atoms with Crippen LogP contribution in [0.3, 0.4) is 0 Å². The summed E-state index contributed by atoms with van der Waals surface area (Å²) in [6.45, 7) is 2.80. The lowest BCUT2D eigenvalue weighted by Crippen LogP contribution is -2.04. The SMILES string of the molecule is CCCCCCCCOc1cccc(C(=O)O)n1. The van der Waals surface area contributed by atoms with Gasteiger partial charge in [-0.3, -0.25) is 0 Å². The first-order chi connectivity index (χ1) is 8.74. The first-order valence-corrected chi connectivity index (χ1v) is 6.57. The lowest BCUT2D eigenvalue weighted by molar-refractivity contribution is 0.0689. The van der Waals surface area contributed by atoms with E-state index in [4.69, 9.17) is 9.84 Å². The quantitative estimate of drug-likeness (QED) is 0.682. The van der Waals surface area contributed by atoms with Crippen LogP contribution in [-0.2, 0) is 0 Å². The second kappa shape index (κ2) is 8.50. The highest BCUT2D eigenvalue weighted by atomic mass is 16.5. The monoisotopic (exact) mass is 251 g/mol. The average Bonchev–Trinajstić information content (AvgIpc) is 2.38. The van der Waals surface area contributed by atoms with E-state index in [0.29, 0.717) is 12.5 Å². The Morgan fingerprint density at radius 1 is 1.22 bits per heavy atom. The fourth-order valence-corrected chi connectivity index (χ4v) is 1.67. The number of unbranched alkanes of at least 4 members (excludes halogenated alkanes) is 5. The molecule has 1 heterocycles. The van der Waals surface area contributed by atoms with Crippen molar-refractivity contribution in [3.8, 4) is 5.88 Å². The zero-order valence-corrected chi connectivity index (χ0v) is 10.9. The number of carbonyl (C=O) groups is 1. The van der Waals surface area contributed by atoms with Crippen LogP contribution in [0.5, 0.6) is 5.88 Å². The number of carboxylic acid groups (broad SMARTS) is 1. The van der Waals surface area contributed by atoms with Crippen LogP contribution in [0.1, 0.15) is 55.9 Å². The van der Waals surface area contributed by atoms with Crippen LogP contribution in [0, 0.1) is 0 Å². The maximum atomic E-state index is 10.7. The van der Waals surface area contributed by atoms with Crippen LogP contribution in [0.15, 0.2) is 18.2 Å². The summed E-state index contributed by atoms with van der Waals surface area (Å²) in [6.07, 6.45) is 7.20. The fourth-order valence-electron chi connectivity index (χ4n) is 1.67. The number of rotatable bonds is 9. The van der Waals surface area contributed by atoms with Gasteiger partial charge >= 0.3 is 5.97 Å². The highest BCUT2D eigenvalue weighted by Crippen LogP contribution is 2.09. The fraction of sp³-hybridized carbons (Fsp3) is 0.571. The molecule has 0 aromatic carbocycles. The Bertz CT molecular complexity index is 366. The molecule has 0 aliphatic heterocycles. The van der Waals surface area contributed by atoms with Crippen molar-refractivity contribution >= 4 is 5.97 Å². The molecule has 0 fully saturated rings. The third-order valence-electron chi connectivity index (χ3n) is 2.69. The van der Waals surface area contributed by atoms with Crippen molar-refractivity contribution in [3.63, 3.8) is 0 Å². The summed E-state index contributed by atoms with van der Waals surface area (Å²) in [5.74, 6) is -0.636. The number of aromatic carboxylic acids is 1. The van der Waals surface area contributed by atoms with Gasteiger partial charge in [-0.15, -0.1) is 0 Å². The van der Waals surface area contributed by atoms with E-state index >= 15 is 0 Å². The first-order valence-electron chi connectivity index (χ1n) is 6.57. The minimum atomic E-state index is -1.03. The van der Waals surface area contributed by atoms with Gasteiger partial charge in [0, 0.05) is 6.07 Å². The van der Waals surface area contributed by atoms with E-state index < -0.39 is 5.97 Å². The molecule has 4 heteroatoms. The number of hydrogen-bond acceptors (Lipinski definition) is 3. The average molecular weight is 251 g/mol. The van der Waals surface area contributed by atoms with E-state index in [2.05, 4.69) is 11.9 Å². The van der Waals surface area contributed by atoms with Gasteiger partial charge < -0.3 is 9.84 Å². The Morgan fingerprint density at radius 2 is 1.94 bits per heavy atom. The standard InChI is InChI=1S/C14H21NO3/c1-2-3-4-5-6-7-11-18-13-10-8-9-12(15-13)14(16)17/h8-10H,2-7,11H2,1H3,(H,16,17). The molecule has 0 amide bonds. The van der Waals surface area contributed by atoms with E-state index in [-0.39, 0.29) is 5.69 Å². The number of ether oxygens (including phenoxy) is 1. The molecule has 0 unspecified atom stereocenters. The summed E-state index contributed by atoms with van der Waals surface area (Å²) in [4.78, 5) is 14.6. The molecule has 1 N–H and O–H groups in total. The molecule has 0 saturated heterocycles. The molecule has 1 rings (SSSR count). The van der Waals surface area contributed by atoms with E-state index in [1.54, 1.807) is 12.1 Å². The summed E-state index contributed by atoms with van der Waals surface area (Å²) in [5, 5.41) is 8.78. The van der Waals surface area contributed by atoms with Gasteiger partial charge in [0.05, 0.1) is 6.61 Å². The van der Waals surface area contributed by atoms with E-state index in [1.165, 1.54) is 31.7 Å². The summed E-state index contributed by atoms with van der Waals surface area (Å²) < 4.78 is 5.43. The normalized spacial score (nSPS) is 10.3. The van der Waals surface area contributed by atoms with Crippen LogP contribution in [0.25, 0.3) is 0 Å². The molecular formula is C14H21NO3. The van der Waals surface area contributed by atoms with E-state index in [9.17, 15) is 4.79 Å². The molecule has 100 valence electrons. The highest BCUT2D eigenvalue weighted by molar-refractivity contribution is 5.85. The van der Waals surface area contributed by atoms with Crippen molar-refractivity contribution in [2.24, 2.45) is 0 Å². The Kier molecular flexibility index (Phi) is 6.84. The van der Waals surface area contributed by atoms with E-state index in [0.717, 1.165) is 12.8 Å². The molecule has 0 saturated carbocycles. The lowest BCUT2D eigenvalue weighted by atomic mass is 10.1. The van der Waals surface area contributed by atoms with E-state index in [1.807, 2.05) is 0 Å². The topological polar surface area (TPSA) is 59.4 Å². The van der Waals surface area contributed by atoms with Crippen molar-refractivity contribution in [3.05, 3.63) is 23.9 Å². The lowest BCUT2D eigenvalue weighted by Gasteiger charge is -2.05. The summed E-state index contributed by atoms with van der Waals surface area (Å²) in [5.41, 5.74) is 0.0236. The predicted octanol–water partition coefficient (Wildman–Crippen LogP) is 3.52. The third-order valence-corrected chi connectivity index (χ3v) is 2.69. The molecule has 0 radical (unpaired) electrons. The molecule has 0 aliphatic carbocycles. The van der Waals surface area contributed by atoms with Gasteiger partial charge in [-0.05, 0) is 12.5 Å². The van der Waals surface area contributed by atoms with Gasteiger partial charge in [-0.2, -0.15) is 0 Å². The molecule has 0 aliphatic rings. The highest BCUT2D eigenvalue weighted by Gasteiger charge is 2.05. The van der Waals surface area contributed by atoms with Crippen molar-refractivity contribution in [1.82, 2.24) is 4.98 Å². The number of hydrogen-bond donors (Lipinski definition) is 1. The second-order valence-corrected chi connectivity index (χ2v) is 4.28.